The smallest absolute Gasteiger partial charge is 0.253 e. The maximum absolute atomic E-state index is 13.8. The number of rotatable bonds is 9. The zero-order valence-electron chi connectivity index (χ0n) is 35.1. The standard InChI is InChI=1S/C48H55N9O2/c1-31-11-9-21-49-42(31)40-15-8-16-41(43-32(2)12-10-22-50-43)57(40)28-25-55-23-26-56(27-24-55)46(58)35-19-17-34(18-20-35)39-29-37-44(51-30-52-45(37)53-39)36-13-7-14-38(33(36)3)54-47(59)48(4,5)6/h7,9-14,17-22,29-30,40-41H,8,15-16,23-28H2,1-6H3,(H,54,59)(H,51,52,53)/t40-,41+. The largest absolute Gasteiger partial charge is 0.339 e. The van der Waals surface area contributed by atoms with Crippen LogP contribution in [0.1, 0.15) is 90.6 Å². The molecule has 304 valence electrons. The molecule has 2 fully saturated rings. The number of carbonyl (C=O) groups is 2. The number of nitrogens with one attached hydrogen (secondary N) is 2. The first-order chi connectivity index (χ1) is 28.5. The van der Waals surface area contributed by atoms with Crippen LogP contribution >= 0.6 is 0 Å². The van der Waals surface area contributed by atoms with Crippen LogP contribution in [0.25, 0.3) is 33.5 Å². The Morgan fingerprint density at radius 2 is 1.44 bits per heavy atom. The molecule has 6 aromatic rings. The van der Waals surface area contributed by atoms with Gasteiger partial charge in [-0.2, -0.15) is 0 Å². The predicted octanol–water partition coefficient (Wildman–Crippen LogP) is 8.72. The zero-order valence-corrected chi connectivity index (χ0v) is 35.1. The number of amides is 2. The van der Waals surface area contributed by atoms with E-state index >= 15 is 0 Å². The van der Waals surface area contributed by atoms with Crippen molar-refractivity contribution in [2.24, 2.45) is 5.41 Å². The van der Waals surface area contributed by atoms with E-state index in [-0.39, 0.29) is 23.9 Å². The van der Waals surface area contributed by atoms with Crippen molar-refractivity contribution in [3.63, 3.8) is 0 Å². The van der Waals surface area contributed by atoms with Gasteiger partial charge in [-0.1, -0.05) is 57.2 Å². The van der Waals surface area contributed by atoms with Crippen molar-refractivity contribution in [3.8, 4) is 22.5 Å². The van der Waals surface area contributed by atoms with Gasteiger partial charge in [0.2, 0.25) is 5.91 Å². The lowest BCUT2D eigenvalue weighted by molar-refractivity contribution is -0.123. The van der Waals surface area contributed by atoms with Gasteiger partial charge in [-0.25, -0.2) is 9.97 Å². The summed E-state index contributed by atoms with van der Waals surface area (Å²) in [5.41, 5.74) is 11.0. The molecule has 0 spiro atoms. The highest BCUT2D eigenvalue weighted by atomic mass is 16.2. The summed E-state index contributed by atoms with van der Waals surface area (Å²) in [6, 6.07) is 24.7. The number of aromatic nitrogens is 5. The molecule has 59 heavy (non-hydrogen) atoms. The zero-order chi connectivity index (χ0) is 41.3. The minimum atomic E-state index is -0.515. The van der Waals surface area contributed by atoms with E-state index in [1.54, 1.807) is 6.33 Å². The monoisotopic (exact) mass is 789 g/mol. The minimum absolute atomic E-state index is 0.0434. The Morgan fingerprint density at radius 1 is 0.780 bits per heavy atom. The molecule has 2 atom stereocenters. The lowest BCUT2D eigenvalue weighted by Gasteiger charge is -2.44. The van der Waals surface area contributed by atoms with Gasteiger partial charge >= 0.3 is 0 Å². The third kappa shape index (κ3) is 8.40. The normalized spacial score (nSPS) is 18.0. The average molecular weight is 790 g/mol. The Kier molecular flexibility index (Phi) is 11.4. The van der Waals surface area contributed by atoms with Crippen LogP contribution < -0.4 is 5.32 Å². The molecule has 0 bridgehead atoms. The Labute approximate surface area is 347 Å². The number of benzene rings is 2. The van der Waals surface area contributed by atoms with E-state index in [0.717, 1.165) is 90.2 Å². The summed E-state index contributed by atoms with van der Waals surface area (Å²) in [4.78, 5) is 56.1. The number of anilines is 1. The summed E-state index contributed by atoms with van der Waals surface area (Å²) in [6.45, 7) is 16.9. The second-order valence-corrected chi connectivity index (χ2v) is 17.2. The minimum Gasteiger partial charge on any atom is -0.339 e. The van der Waals surface area contributed by atoms with Gasteiger partial charge in [0.05, 0.1) is 29.2 Å². The highest BCUT2D eigenvalue weighted by Crippen LogP contribution is 2.42. The Balaban J connectivity index is 0.922. The molecule has 8 rings (SSSR count). The molecule has 0 radical (unpaired) electrons. The van der Waals surface area contributed by atoms with E-state index in [1.807, 2.05) is 99.6 Å². The van der Waals surface area contributed by atoms with Crippen LogP contribution in [0, 0.1) is 26.2 Å². The van der Waals surface area contributed by atoms with Crippen LogP contribution in [0.5, 0.6) is 0 Å². The molecule has 2 saturated heterocycles. The fourth-order valence-corrected chi connectivity index (χ4v) is 8.70. The molecule has 2 aromatic carbocycles. The number of hydrogen-bond acceptors (Lipinski definition) is 8. The number of H-pyrrole nitrogens is 1. The van der Waals surface area contributed by atoms with E-state index in [2.05, 4.69) is 62.1 Å². The van der Waals surface area contributed by atoms with Crippen LogP contribution in [0.4, 0.5) is 5.69 Å². The molecule has 4 aromatic heterocycles. The number of piperazine rings is 1. The van der Waals surface area contributed by atoms with Crippen molar-refractivity contribution in [2.45, 2.75) is 72.9 Å². The quantitative estimate of drug-likeness (QED) is 0.149. The molecule has 2 N–H and O–H groups in total. The first-order valence-electron chi connectivity index (χ1n) is 20.9. The molecular weight excluding hydrogens is 735 g/mol. The van der Waals surface area contributed by atoms with Crippen molar-refractivity contribution in [1.29, 1.82) is 0 Å². The number of fused-ring (bicyclic) bond motifs is 1. The number of aryl methyl sites for hydroxylation is 2. The van der Waals surface area contributed by atoms with E-state index in [0.29, 0.717) is 18.7 Å². The molecule has 6 heterocycles. The molecule has 2 amide bonds. The summed E-state index contributed by atoms with van der Waals surface area (Å²) < 4.78 is 0. The van der Waals surface area contributed by atoms with Crippen molar-refractivity contribution < 1.29 is 9.59 Å². The Morgan fingerprint density at radius 3 is 2.07 bits per heavy atom. The van der Waals surface area contributed by atoms with E-state index in [4.69, 9.17) is 9.97 Å². The fraction of sp³-hybridized carbons (Fsp3) is 0.375. The van der Waals surface area contributed by atoms with Crippen LogP contribution in [0.15, 0.2) is 91.5 Å². The molecule has 2 aliphatic heterocycles. The van der Waals surface area contributed by atoms with Crippen LogP contribution in [-0.2, 0) is 4.79 Å². The number of likely N-dealkylation sites (tertiary alicyclic amines) is 1. The van der Waals surface area contributed by atoms with Gasteiger partial charge in [0.1, 0.15) is 12.0 Å². The van der Waals surface area contributed by atoms with Crippen molar-refractivity contribution in [3.05, 3.63) is 125 Å². The number of nitrogens with zero attached hydrogens (tertiary/aromatic N) is 7. The summed E-state index contributed by atoms with van der Waals surface area (Å²) >= 11 is 0. The summed E-state index contributed by atoms with van der Waals surface area (Å²) in [5.74, 6) is 0.0143. The highest BCUT2D eigenvalue weighted by molar-refractivity contribution is 5.99. The van der Waals surface area contributed by atoms with Crippen molar-refractivity contribution in [1.82, 2.24) is 39.6 Å². The van der Waals surface area contributed by atoms with Gasteiger partial charge < -0.3 is 15.2 Å². The predicted molar refractivity (Wildman–Crippen MR) is 234 cm³/mol. The van der Waals surface area contributed by atoms with Crippen LogP contribution in [-0.4, -0.2) is 90.7 Å². The van der Waals surface area contributed by atoms with Gasteiger partial charge in [0.25, 0.3) is 5.91 Å². The van der Waals surface area contributed by atoms with Gasteiger partial charge in [-0.15, -0.1) is 0 Å². The third-order valence-corrected chi connectivity index (χ3v) is 12.2. The van der Waals surface area contributed by atoms with Gasteiger partial charge in [-0.3, -0.25) is 29.4 Å². The molecular formula is C48H55N9O2. The van der Waals surface area contributed by atoms with Gasteiger partial charge in [-0.05, 0) is 98.7 Å². The Hall–Kier alpha value is -5.78. The molecule has 0 saturated carbocycles. The van der Waals surface area contributed by atoms with E-state index in [9.17, 15) is 9.59 Å². The van der Waals surface area contributed by atoms with Gasteiger partial charge in [0.15, 0.2) is 0 Å². The number of aromatic amines is 1. The van der Waals surface area contributed by atoms with Crippen LogP contribution in [0.3, 0.4) is 0 Å². The maximum atomic E-state index is 13.8. The topological polar surface area (TPSA) is 123 Å². The molecule has 0 aliphatic carbocycles. The molecule has 0 unspecified atom stereocenters. The second kappa shape index (κ2) is 16.8. The van der Waals surface area contributed by atoms with Crippen molar-refractivity contribution in [2.75, 3.05) is 44.6 Å². The number of pyridine rings is 2. The molecule has 11 nitrogen and oxygen atoms in total. The van der Waals surface area contributed by atoms with Gasteiger partial charge in [0, 0.05) is 85.0 Å². The number of piperidine rings is 1. The maximum Gasteiger partial charge on any atom is 0.253 e. The fourth-order valence-electron chi connectivity index (χ4n) is 8.70. The summed E-state index contributed by atoms with van der Waals surface area (Å²) in [7, 11) is 0. The first-order valence-corrected chi connectivity index (χ1v) is 20.9. The van der Waals surface area contributed by atoms with Crippen molar-refractivity contribution >= 4 is 28.5 Å². The van der Waals surface area contributed by atoms with E-state index < -0.39 is 5.41 Å². The summed E-state index contributed by atoms with van der Waals surface area (Å²) in [5, 5.41) is 3.97. The third-order valence-electron chi connectivity index (χ3n) is 12.2. The average Bonchev–Trinajstić information content (AvgIpc) is 3.69. The molecule has 2 aliphatic rings. The van der Waals surface area contributed by atoms with Crippen LogP contribution in [0.2, 0.25) is 0 Å². The second-order valence-electron chi connectivity index (χ2n) is 17.2. The number of hydrogen-bond donors (Lipinski definition) is 2. The van der Waals surface area contributed by atoms with E-state index in [1.165, 1.54) is 22.5 Å². The lowest BCUT2D eigenvalue weighted by atomic mass is 9.89. The Bertz CT molecular complexity index is 2410. The summed E-state index contributed by atoms with van der Waals surface area (Å²) in [6.07, 6.45) is 8.73. The highest BCUT2D eigenvalue weighted by Gasteiger charge is 2.36. The number of carbonyl (C=O) groups excluding carboxylic acids is 2. The first kappa shape index (κ1) is 40.0. The SMILES string of the molecule is Cc1cccnc1[C@H]1CCC[C@@H](c2ncccc2C)N1CCN1CCN(C(=O)c2ccc(-c3cc4c(-c5cccc(NC(=O)C(C)(C)C)c5C)ncnc4[nH]3)cc2)CC1. The lowest BCUT2D eigenvalue weighted by Crippen LogP contribution is -2.51. The molecule has 11 heteroatoms.